The molecule has 0 saturated carbocycles. The van der Waals surface area contributed by atoms with Gasteiger partial charge in [0.05, 0.1) is 0 Å². The first kappa shape index (κ1) is 16.5. The quantitative estimate of drug-likeness (QED) is 0.675. The summed E-state index contributed by atoms with van der Waals surface area (Å²) in [4.78, 5) is 30.0. The lowest BCUT2D eigenvalue weighted by molar-refractivity contribution is 0.169. The van der Waals surface area contributed by atoms with Crippen LogP contribution in [0.3, 0.4) is 0 Å². The van der Waals surface area contributed by atoms with Gasteiger partial charge in [-0.2, -0.15) is 0 Å². The van der Waals surface area contributed by atoms with Crippen LogP contribution in [-0.2, 0) is 8.23 Å². The van der Waals surface area contributed by atoms with Crippen molar-refractivity contribution in [2.75, 3.05) is 0 Å². The predicted molar refractivity (Wildman–Crippen MR) is 69.3 cm³/mol. The summed E-state index contributed by atoms with van der Waals surface area (Å²) < 4.78 is 10.8. The SMILES string of the molecule is CC(C)(C)[Si](O)(O[Si](C)(C)O)O[Si](C)(C)O. The van der Waals surface area contributed by atoms with Crippen LogP contribution in [0.15, 0.2) is 0 Å². The van der Waals surface area contributed by atoms with Crippen LogP contribution in [0, 0.1) is 0 Å². The molecule has 16 heavy (non-hydrogen) atoms. The smallest absolute Gasteiger partial charge is 0.411 e. The van der Waals surface area contributed by atoms with Gasteiger partial charge in [0.1, 0.15) is 0 Å². The summed E-state index contributed by atoms with van der Waals surface area (Å²) in [5.74, 6) is 0. The lowest BCUT2D eigenvalue weighted by atomic mass is 10.3. The average Bonchev–Trinajstić information content (AvgIpc) is 1.72. The lowest BCUT2D eigenvalue weighted by Crippen LogP contribution is -2.61. The largest absolute Gasteiger partial charge is 0.486 e. The fourth-order valence-corrected chi connectivity index (χ4v) is 9.41. The monoisotopic (exact) mass is 284 g/mol. The van der Waals surface area contributed by atoms with Crippen molar-refractivity contribution in [2.24, 2.45) is 0 Å². The zero-order chi connectivity index (χ0) is 13.4. The van der Waals surface area contributed by atoms with E-state index >= 15 is 0 Å². The maximum Gasteiger partial charge on any atom is 0.486 e. The summed E-state index contributed by atoms with van der Waals surface area (Å²) in [6.07, 6.45) is 0. The fourth-order valence-electron chi connectivity index (χ4n) is 1.00. The highest BCUT2D eigenvalue weighted by atomic mass is 28.5. The molecule has 0 fully saturated rings. The van der Waals surface area contributed by atoms with Gasteiger partial charge in [0, 0.05) is 5.04 Å². The van der Waals surface area contributed by atoms with Crippen molar-refractivity contribution >= 4 is 25.9 Å². The molecule has 0 radical (unpaired) electrons. The summed E-state index contributed by atoms with van der Waals surface area (Å²) in [6, 6.07) is 0. The zero-order valence-electron chi connectivity index (χ0n) is 11.2. The van der Waals surface area contributed by atoms with Crippen molar-refractivity contribution in [3.63, 3.8) is 0 Å². The van der Waals surface area contributed by atoms with E-state index in [1.807, 2.05) is 0 Å². The predicted octanol–water partition coefficient (Wildman–Crippen LogP) is 1.14. The molecule has 0 aromatic rings. The van der Waals surface area contributed by atoms with Crippen molar-refractivity contribution in [3.05, 3.63) is 0 Å². The van der Waals surface area contributed by atoms with Crippen LogP contribution in [0.4, 0.5) is 0 Å². The van der Waals surface area contributed by atoms with Gasteiger partial charge in [-0.25, -0.2) is 0 Å². The van der Waals surface area contributed by atoms with Gasteiger partial charge in [0.25, 0.3) is 0 Å². The first-order chi connectivity index (χ1) is 6.66. The molecule has 0 spiro atoms. The Bertz CT molecular complexity index is 222. The standard InChI is InChI=1S/C8H24O5Si3/c1-8(2,3)16(11,12-14(4,5)9)13-15(6,7)10/h9-11H,1-7H3. The molecule has 0 aliphatic heterocycles. The third-order valence-electron chi connectivity index (χ3n) is 1.72. The van der Waals surface area contributed by atoms with Crippen LogP contribution >= 0.6 is 0 Å². The maximum absolute atomic E-state index is 10.5. The van der Waals surface area contributed by atoms with Crippen molar-refractivity contribution in [1.82, 2.24) is 0 Å². The Morgan fingerprint density at radius 3 is 1.12 bits per heavy atom. The van der Waals surface area contributed by atoms with Crippen LogP contribution in [-0.4, -0.2) is 40.3 Å². The van der Waals surface area contributed by atoms with Gasteiger partial charge in [0.2, 0.25) is 0 Å². The van der Waals surface area contributed by atoms with E-state index in [1.165, 1.54) is 0 Å². The second-order valence-corrected chi connectivity index (χ2v) is 16.0. The average molecular weight is 285 g/mol. The summed E-state index contributed by atoms with van der Waals surface area (Å²) >= 11 is 0. The van der Waals surface area contributed by atoms with Gasteiger partial charge in [-0.3, -0.25) is 0 Å². The highest BCUT2D eigenvalue weighted by Crippen LogP contribution is 2.38. The Morgan fingerprint density at radius 1 is 0.750 bits per heavy atom. The molecule has 0 heterocycles. The van der Waals surface area contributed by atoms with E-state index in [0.29, 0.717) is 0 Å². The zero-order valence-corrected chi connectivity index (χ0v) is 14.2. The summed E-state index contributed by atoms with van der Waals surface area (Å²) in [5.41, 5.74) is 0. The molecule has 0 atom stereocenters. The summed E-state index contributed by atoms with van der Waals surface area (Å²) in [5, 5.41) is -0.632. The third-order valence-corrected chi connectivity index (χ3v) is 9.83. The van der Waals surface area contributed by atoms with E-state index in [1.54, 1.807) is 47.0 Å². The van der Waals surface area contributed by atoms with Crippen LogP contribution < -0.4 is 0 Å². The van der Waals surface area contributed by atoms with Gasteiger partial charge in [-0.15, -0.1) is 0 Å². The Morgan fingerprint density at radius 2 is 1.00 bits per heavy atom. The van der Waals surface area contributed by atoms with Crippen molar-refractivity contribution in [3.8, 4) is 0 Å². The molecule has 8 heteroatoms. The topological polar surface area (TPSA) is 79.2 Å². The van der Waals surface area contributed by atoms with Crippen LogP contribution in [0.1, 0.15) is 20.8 Å². The van der Waals surface area contributed by atoms with Crippen molar-refractivity contribution < 1.29 is 22.6 Å². The molecule has 0 aromatic heterocycles. The molecular formula is C8H24O5Si3. The number of hydrogen-bond donors (Lipinski definition) is 3. The number of hydrogen-bond acceptors (Lipinski definition) is 5. The first-order valence-electron chi connectivity index (χ1n) is 5.24. The molecule has 5 nitrogen and oxygen atoms in total. The molecule has 0 aliphatic rings. The van der Waals surface area contributed by atoms with Crippen LogP contribution in [0.2, 0.25) is 31.2 Å². The summed E-state index contributed by atoms with van der Waals surface area (Å²) in [6.45, 7) is 11.6. The van der Waals surface area contributed by atoms with Crippen LogP contribution in [0.5, 0.6) is 0 Å². The van der Waals surface area contributed by atoms with E-state index in [2.05, 4.69) is 0 Å². The molecular weight excluding hydrogens is 260 g/mol. The maximum atomic E-state index is 10.5. The van der Waals surface area contributed by atoms with E-state index in [-0.39, 0.29) is 0 Å². The van der Waals surface area contributed by atoms with E-state index < -0.39 is 31.0 Å². The van der Waals surface area contributed by atoms with Gasteiger partial charge >= 0.3 is 25.9 Å². The van der Waals surface area contributed by atoms with Gasteiger partial charge < -0.3 is 22.6 Å². The lowest BCUT2D eigenvalue weighted by Gasteiger charge is -2.41. The molecule has 0 aliphatic carbocycles. The van der Waals surface area contributed by atoms with Gasteiger partial charge in [-0.05, 0) is 26.2 Å². The highest BCUT2D eigenvalue weighted by molar-refractivity contribution is 6.82. The molecule has 0 bridgehead atoms. The van der Waals surface area contributed by atoms with Gasteiger partial charge in [-0.1, -0.05) is 20.8 Å². The second-order valence-electron chi connectivity index (χ2n) is 5.93. The normalized spacial score (nSPS) is 15.4. The molecule has 0 saturated heterocycles. The molecule has 3 N–H and O–H groups in total. The van der Waals surface area contributed by atoms with Gasteiger partial charge in [0.15, 0.2) is 0 Å². The van der Waals surface area contributed by atoms with E-state index in [9.17, 15) is 14.4 Å². The third kappa shape index (κ3) is 5.68. The Hall–Kier alpha value is 0.451. The Kier molecular flexibility index (Phi) is 4.74. The molecule has 98 valence electrons. The van der Waals surface area contributed by atoms with Crippen molar-refractivity contribution in [2.45, 2.75) is 52.0 Å². The minimum Gasteiger partial charge on any atom is -0.411 e. The van der Waals surface area contributed by atoms with E-state index in [0.717, 1.165) is 0 Å². The molecule has 0 amide bonds. The molecule has 0 aromatic carbocycles. The van der Waals surface area contributed by atoms with Crippen LogP contribution in [0.25, 0.3) is 0 Å². The summed E-state index contributed by atoms with van der Waals surface area (Å²) in [7, 11) is -9.41. The Balaban J connectivity index is 5.07. The fraction of sp³-hybridized carbons (Fsp3) is 1.00. The Labute approximate surface area is 101 Å². The first-order valence-corrected chi connectivity index (χ1v) is 12.7. The highest BCUT2D eigenvalue weighted by Gasteiger charge is 2.55. The number of rotatable bonds is 4. The minimum absolute atomic E-state index is 0.632. The molecule has 0 rings (SSSR count). The van der Waals surface area contributed by atoms with Crippen molar-refractivity contribution in [1.29, 1.82) is 0 Å². The van der Waals surface area contributed by atoms with E-state index in [4.69, 9.17) is 8.23 Å². The minimum atomic E-state index is -3.60. The second kappa shape index (κ2) is 4.61. The molecule has 0 unspecified atom stereocenters.